The van der Waals surface area contributed by atoms with Crippen molar-refractivity contribution in [1.29, 1.82) is 0 Å². The van der Waals surface area contributed by atoms with Gasteiger partial charge in [-0.05, 0) is 37.5 Å². The van der Waals surface area contributed by atoms with Crippen LogP contribution < -0.4 is 0 Å². The molecule has 0 aromatic heterocycles. The van der Waals surface area contributed by atoms with Crippen LogP contribution in [0.1, 0.15) is 25.3 Å². The largest absolute Gasteiger partial charge is 0.466 e. The molecule has 1 aromatic rings. The van der Waals surface area contributed by atoms with Crippen molar-refractivity contribution in [3.05, 3.63) is 34.9 Å². The van der Waals surface area contributed by atoms with Crippen LogP contribution >= 0.6 is 11.6 Å². The first-order valence-corrected chi connectivity index (χ1v) is 7.66. The summed E-state index contributed by atoms with van der Waals surface area (Å²) >= 11 is 5.93. The molecular formula is C16H20ClNO3. The molecule has 1 saturated heterocycles. The first-order valence-electron chi connectivity index (χ1n) is 7.29. The summed E-state index contributed by atoms with van der Waals surface area (Å²) in [5.41, 5.74) is 0.894. The van der Waals surface area contributed by atoms with Crippen molar-refractivity contribution in [2.45, 2.75) is 26.2 Å². The summed E-state index contributed by atoms with van der Waals surface area (Å²) < 4.78 is 5.05. The number of benzene rings is 1. The van der Waals surface area contributed by atoms with Gasteiger partial charge in [-0.3, -0.25) is 9.59 Å². The number of rotatable bonds is 4. The number of piperidine rings is 1. The van der Waals surface area contributed by atoms with Crippen LogP contribution in [0.4, 0.5) is 0 Å². The lowest BCUT2D eigenvalue weighted by Gasteiger charge is -2.31. The average molecular weight is 310 g/mol. The lowest BCUT2D eigenvalue weighted by Crippen LogP contribution is -2.43. The maximum atomic E-state index is 12.3. The summed E-state index contributed by atoms with van der Waals surface area (Å²) in [5, 5.41) is 0.628. The average Bonchev–Trinajstić information content (AvgIpc) is 2.47. The molecule has 1 fully saturated rings. The third-order valence-corrected chi connectivity index (χ3v) is 3.87. The topological polar surface area (TPSA) is 46.6 Å². The van der Waals surface area contributed by atoms with Crippen LogP contribution in [0.3, 0.4) is 0 Å². The Morgan fingerprint density at radius 2 is 2.24 bits per heavy atom. The van der Waals surface area contributed by atoms with Crippen molar-refractivity contribution in [3.8, 4) is 0 Å². The number of nitrogens with zero attached hydrogens (tertiary/aromatic N) is 1. The molecule has 0 N–H and O–H groups in total. The number of hydrogen-bond donors (Lipinski definition) is 0. The Hall–Kier alpha value is -1.55. The fourth-order valence-electron chi connectivity index (χ4n) is 2.59. The molecule has 1 aliphatic heterocycles. The lowest BCUT2D eigenvalue weighted by molar-refractivity contribution is -0.151. The molecule has 0 spiro atoms. The van der Waals surface area contributed by atoms with Crippen LogP contribution in [0.2, 0.25) is 5.02 Å². The van der Waals surface area contributed by atoms with E-state index in [1.807, 2.05) is 12.1 Å². The van der Waals surface area contributed by atoms with E-state index >= 15 is 0 Å². The number of likely N-dealkylation sites (tertiary alicyclic amines) is 1. The molecule has 114 valence electrons. The number of ether oxygens (including phenoxy) is 1. The minimum absolute atomic E-state index is 0.0336. The SMILES string of the molecule is CCOC(=O)C1CCCN(C(=O)Cc2cccc(Cl)c2)C1. The van der Waals surface area contributed by atoms with Crippen molar-refractivity contribution >= 4 is 23.5 Å². The molecule has 0 bridgehead atoms. The van der Waals surface area contributed by atoms with Gasteiger partial charge in [0.1, 0.15) is 0 Å². The summed E-state index contributed by atoms with van der Waals surface area (Å²) in [5.74, 6) is -0.356. The van der Waals surface area contributed by atoms with Gasteiger partial charge in [-0.1, -0.05) is 23.7 Å². The van der Waals surface area contributed by atoms with E-state index in [1.165, 1.54) is 0 Å². The Bertz CT molecular complexity index is 518. The Kier molecular flexibility index (Phi) is 5.62. The maximum Gasteiger partial charge on any atom is 0.310 e. The second-order valence-electron chi connectivity index (χ2n) is 5.24. The second-order valence-corrected chi connectivity index (χ2v) is 5.67. The lowest BCUT2D eigenvalue weighted by atomic mass is 9.97. The monoisotopic (exact) mass is 309 g/mol. The van der Waals surface area contributed by atoms with Crippen molar-refractivity contribution in [3.63, 3.8) is 0 Å². The molecular weight excluding hydrogens is 290 g/mol. The van der Waals surface area contributed by atoms with E-state index < -0.39 is 0 Å². The van der Waals surface area contributed by atoms with Crippen LogP contribution in [-0.2, 0) is 20.7 Å². The van der Waals surface area contributed by atoms with Gasteiger partial charge in [-0.2, -0.15) is 0 Å². The highest BCUT2D eigenvalue weighted by Gasteiger charge is 2.29. The maximum absolute atomic E-state index is 12.3. The summed E-state index contributed by atoms with van der Waals surface area (Å²) in [4.78, 5) is 25.9. The quantitative estimate of drug-likeness (QED) is 0.803. The van der Waals surface area contributed by atoms with Gasteiger partial charge in [0, 0.05) is 18.1 Å². The Morgan fingerprint density at radius 3 is 2.95 bits per heavy atom. The zero-order valence-corrected chi connectivity index (χ0v) is 12.9. The summed E-state index contributed by atoms with van der Waals surface area (Å²) in [7, 11) is 0. The van der Waals surface area contributed by atoms with Crippen LogP contribution in [0, 0.1) is 5.92 Å². The number of carbonyl (C=O) groups excluding carboxylic acids is 2. The summed E-state index contributed by atoms with van der Waals surface area (Å²) in [6.45, 7) is 3.34. The highest BCUT2D eigenvalue weighted by molar-refractivity contribution is 6.30. The molecule has 1 aliphatic rings. The van der Waals surface area contributed by atoms with Crippen molar-refractivity contribution in [2.24, 2.45) is 5.92 Å². The molecule has 4 nitrogen and oxygen atoms in total. The molecule has 0 saturated carbocycles. The molecule has 0 aliphatic carbocycles. The van der Waals surface area contributed by atoms with Gasteiger partial charge < -0.3 is 9.64 Å². The normalized spacial score (nSPS) is 18.4. The van der Waals surface area contributed by atoms with E-state index in [0.29, 0.717) is 31.1 Å². The van der Waals surface area contributed by atoms with Gasteiger partial charge in [-0.25, -0.2) is 0 Å². The standard InChI is InChI=1S/C16H20ClNO3/c1-2-21-16(20)13-6-4-8-18(11-13)15(19)10-12-5-3-7-14(17)9-12/h3,5,7,9,13H,2,4,6,8,10-11H2,1H3. The summed E-state index contributed by atoms with van der Waals surface area (Å²) in [6.07, 6.45) is 1.95. The van der Waals surface area contributed by atoms with Gasteiger partial charge in [0.25, 0.3) is 0 Å². The highest BCUT2D eigenvalue weighted by atomic mass is 35.5. The second kappa shape index (κ2) is 7.46. The van der Waals surface area contributed by atoms with E-state index in [-0.39, 0.29) is 17.8 Å². The summed E-state index contributed by atoms with van der Waals surface area (Å²) in [6, 6.07) is 7.30. The number of esters is 1. The van der Waals surface area contributed by atoms with Gasteiger partial charge in [0.2, 0.25) is 5.91 Å². The minimum Gasteiger partial charge on any atom is -0.466 e. The number of carbonyl (C=O) groups is 2. The van der Waals surface area contributed by atoms with Crippen molar-refractivity contribution in [1.82, 2.24) is 4.90 Å². The molecule has 1 amide bonds. The van der Waals surface area contributed by atoms with Crippen LogP contribution in [0.25, 0.3) is 0 Å². The predicted octanol–water partition coefficient (Wildman–Crippen LogP) is 2.68. The van der Waals surface area contributed by atoms with Gasteiger partial charge in [0.05, 0.1) is 18.9 Å². The molecule has 1 atom stereocenters. The van der Waals surface area contributed by atoms with E-state index in [4.69, 9.17) is 16.3 Å². The molecule has 5 heteroatoms. The fraction of sp³-hybridized carbons (Fsp3) is 0.500. The third-order valence-electron chi connectivity index (χ3n) is 3.64. The Morgan fingerprint density at radius 1 is 1.43 bits per heavy atom. The Labute approximate surface area is 130 Å². The smallest absolute Gasteiger partial charge is 0.310 e. The predicted molar refractivity (Wildman–Crippen MR) is 81.1 cm³/mol. The zero-order valence-electron chi connectivity index (χ0n) is 12.2. The van der Waals surface area contributed by atoms with E-state index in [2.05, 4.69) is 0 Å². The van der Waals surface area contributed by atoms with Crippen molar-refractivity contribution in [2.75, 3.05) is 19.7 Å². The number of amides is 1. The molecule has 1 heterocycles. The van der Waals surface area contributed by atoms with Crippen molar-refractivity contribution < 1.29 is 14.3 Å². The fourth-order valence-corrected chi connectivity index (χ4v) is 2.80. The van der Waals surface area contributed by atoms with E-state index in [9.17, 15) is 9.59 Å². The molecule has 1 unspecified atom stereocenters. The molecule has 1 aromatic carbocycles. The van der Waals surface area contributed by atoms with Crippen LogP contribution in [0.15, 0.2) is 24.3 Å². The Balaban J connectivity index is 1.94. The van der Waals surface area contributed by atoms with E-state index in [0.717, 1.165) is 18.4 Å². The zero-order chi connectivity index (χ0) is 15.2. The molecule has 0 radical (unpaired) electrons. The van der Waals surface area contributed by atoms with Crippen LogP contribution in [0.5, 0.6) is 0 Å². The van der Waals surface area contributed by atoms with Crippen LogP contribution in [-0.4, -0.2) is 36.5 Å². The van der Waals surface area contributed by atoms with Gasteiger partial charge in [-0.15, -0.1) is 0 Å². The highest BCUT2D eigenvalue weighted by Crippen LogP contribution is 2.19. The van der Waals surface area contributed by atoms with E-state index in [1.54, 1.807) is 24.0 Å². The van der Waals surface area contributed by atoms with Gasteiger partial charge >= 0.3 is 5.97 Å². The number of hydrogen-bond acceptors (Lipinski definition) is 3. The number of halogens is 1. The minimum atomic E-state index is -0.197. The molecule has 2 rings (SSSR count). The first-order chi connectivity index (χ1) is 10.1. The first kappa shape index (κ1) is 15.8. The van der Waals surface area contributed by atoms with Gasteiger partial charge in [0.15, 0.2) is 0 Å². The third kappa shape index (κ3) is 4.46. The molecule has 21 heavy (non-hydrogen) atoms.